The van der Waals surface area contributed by atoms with E-state index >= 15 is 0 Å². The summed E-state index contributed by atoms with van der Waals surface area (Å²) in [6.07, 6.45) is 0. The third kappa shape index (κ3) is 3.42. The van der Waals surface area contributed by atoms with Gasteiger partial charge in [-0.15, -0.1) is 0 Å². The Morgan fingerprint density at radius 2 is 1.78 bits per heavy atom. The van der Waals surface area contributed by atoms with Gasteiger partial charge < -0.3 is 9.73 Å². The van der Waals surface area contributed by atoms with Crippen molar-refractivity contribution in [2.75, 3.05) is 19.6 Å². The summed E-state index contributed by atoms with van der Waals surface area (Å²) in [7, 11) is 0. The van der Waals surface area contributed by atoms with Crippen molar-refractivity contribution >= 4 is 17.0 Å². The summed E-state index contributed by atoms with van der Waals surface area (Å²) in [5.74, 6) is -0.423. The minimum atomic E-state index is -0.463. The van der Waals surface area contributed by atoms with Gasteiger partial charge in [0, 0.05) is 37.4 Å². The number of nitrogens with one attached hydrogen (secondary N) is 1. The first-order chi connectivity index (χ1) is 15.5. The number of hydrogen-bond donors (Lipinski definition) is 1. The number of piperazine rings is 1. The number of aromatic nitrogens is 3. The Kier molecular flexibility index (Phi) is 5.14. The molecule has 164 valence electrons. The maximum atomic E-state index is 13.0. The van der Waals surface area contributed by atoms with Gasteiger partial charge >= 0.3 is 5.76 Å². The Balaban J connectivity index is 1.47. The van der Waals surface area contributed by atoms with E-state index in [9.17, 15) is 9.59 Å². The van der Waals surface area contributed by atoms with Crippen LogP contribution in [0.25, 0.3) is 16.8 Å². The molecule has 0 unspecified atom stereocenters. The summed E-state index contributed by atoms with van der Waals surface area (Å²) in [5.41, 5.74) is 4.96. The van der Waals surface area contributed by atoms with E-state index in [4.69, 9.17) is 9.52 Å². The van der Waals surface area contributed by atoms with E-state index in [-0.39, 0.29) is 11.7 Å². The first-order valence-corrected chi connectivity index (χ1v) is 10.8. The van der Waals surface area contributed by atoms with Crippen LogP contribution in [0.4, 0.5) is 0 Å². The van der Waals surface area contributed by atoms with Gasteiger partial charge in [0.1, 0.15) is 6.04 Å². The normalized spacial score (nSPS) is 17.1. The monoisotopic (exact) mass is 431 g/mol. The van der Waals surface area contributed by atoms with Gasteiger partial charge in [-0.2, -0.15) is 5.10 Å². The number of carbonyl (C=O) groups excluding carboxylic acids is 1. The number of carbonyl (C=O) groups is 1. The molecule has 0 radical (unpaired) electrons. The minimum Gasteiger partial charge on any atom is -0.408 e. The Bertz CT molecular complexity index is 1330. The van der Waals surface area contributed by atoms with Gasteiger partial charge in [0.15, 0.2) is 5.58 Å². The molecule has 8 nitrogen and oxygen atoms in total. The van der Waals surface area contributed by atoms with Crippen molar-refractivity contribution in [3.05, 3.63) is 82.1 Å². The van der Waals surface area contributed by atoms with E-state index in [2.05, 4.69) is 10.2 Å². The van der Waals surface area contributed by atoms with Crippen molar-refractivity contribution in [3.63, 3.8) is 0 Å². The van der Waals surface area contributed by atoms with Gasteiger partial charge in [-0.3, -0.25) is 14.3 Å². The van der Waals surface area contributed by atoms with E-state index in [0.29, 0.717) is 31.8 Å². The zero-order chi connectivity index (χ0) is 22.2. The molecular weight excluding hydrogens is 406 g/mol. The summed E-state index contributed by atoms with van der Waals surface area (Å²) >= 11 is 0. The molecule has 1 aliphatic rings. The lowest BCUT2D eigenvalue weighted by atomic mass is 10.00. The SMILES string of the molecule is Cc1nn(-c2ccccc2)c(C)c1[C@H]1C(=O)NCCN1CCn1c(=O)oc2ccccc21. The summed E-state index contributed by atoms with van der Waals surface area (Å²) in [6.45, 7) is 6.17. The highest BCUT2D eigenvalue weighted by Gasteiger charge is 2.35. The van der Waals surface area contributed by atoms with Crippen molar-refractivity contribution in [3.8, 4) is 5.69 Å². The number of fused-ring (bicyclic) bond motifs is 1. The third-order valence-corrected chi connectivity index (χ3v) is 6.12. The van der Waals surface area contributed by atoms with Crippen LogP contribution in [0, 0.1) is 13.8 Å². The van der Waals surface area contributed by atoms with Gasteiger partial charge in [0.25, 0.3) is 0 Å². The lowest BCUT2D eigenvalue weighted by Gasteiger charge is -2.35. The molecule has 1 atom stereocenters. The van der Waals surface area contributed by atoms with Gasteiger partial charge in [-0.1, -0.05) is 30.3 Å². The second-order valence-corrected chi connectivity index (χ2v) is 8.05. The Morgan fingerprint density at radius 3 is 2.59 bits per heavy atom. The molecule has 2 aromatic heterocycles. The Morgan fingerprint density at radius 1 is 1.03 bits per heavy atom. The van der Waals surface area contributed by atoms with E-state index in [1.54, 1.807) is 10.6 Å². The number of rotatable bonds is 5. The Labute approximate surface area is 185 Å². The predicted molar refractivity (Wildman–Crippen MR) is 121 cm³/mol. The van der Waals surface area contributed by atoms with Crippen LogP contribution in [0.15, 0.2) is 63.8 Å². The molecule has 1 amide bonds. The molecule has 8 heteroatoms. The smallest absolute Gasteiger partial charge is 0.408 e. The number of nitrogens with zero attached hydrogens (tertiary/aromatic N) is 4. The van der Waals surface area contributed by atoms with E-state index < -0.39 is 6.04 Å². The molecule has 4 aromatic rings. The third-order valence-electron chi connectivity index (χ3n) is 6.12. The number of oxazole rings is 1. The van der Waals surface area contributed by atoms with Crippen LogP contribution in [-0.4, -0.2) is 44.8 Å². The topological polar surface area (TPSA) is 85.3 Å². The van der Waals surface area contributed by atoms with Crippen molar-refractivity contribution in [1.29, 1.82) is 0 Å². The minimum absolute atomic E-state index is 0.0422. The standard InChI is InChI=1S/C24H25N5O3/c1-16-21(17(2)29(26-16)18-8-4-3-5-9-18)22-23(30)25-12-13-27(22)14-15-28-19-10-6-7-11-20(19)32-24(28)31/h3-11,22H,12-15H2,1-2H3,(H,25,30)/t22-/m0/s1. The number of aryl methyl sites for hydroxylation is 1. The van der Waals surface area contributed by atoms with E-state index in [1.807, 2.05) is 67.1 Å². The quantitative estimate of drug-likeness (QED) is 0.525. The van der Waals surface area contributed by atoms with Crippen molar-refractivity contribution in [2.45, 2.75) is 26.4 Å². The molecule has 1 N–H and O–H groups in total. The average molecular weight is 431 g/mol. The van der Waals surface area contributed by atoms with Crippen molar-refractivity contribution in [2.24, 2.45) is 0 Å². The van der Waals surface area contributed by atoms with Crippen LogP contribution >= 0.6 is 0 Å². The van der Waals surface area contributed by atoms with Gasteiger partial charge in [0.05, 0.1) is 16.9 Å². The zero-order valence-corrected chi connectivity index (χ0v) is 18.1. The zero-order valence-electron chi connectivity index (χ0n) is 18.1. The molecule has 1 fully saturated rings. The highest BCUT2D eigenvalue weighted by molar-refractivity contribution is 5.84. The molecule has 0 saturated carbocycles. The van der Waals surface area contributed by atoms with Crippen LogP contribution in [0.3, 0.4) is 0 Å². The van der Waals surface area contributed by atoms with E-state index in [0.717, 1.165) is 28.2 Å². The van der Waals surface area contributed by atoms with Crippen LogP contribution in [-0.2, 0) is 11.3 Å². The molecule has 1 aliphatic heterocycles. The van der Waals surface area contributed by atoms with E-state index in [1.165, 1.54) is 0 Å². The maximum absolute atomic E-state index is 13.0. The second kappa shape index (κ2) is 8.12. The van der Waals surface area contributed by atoms with Gasteiger partial charge in [-0.05, 0) is 38.1 Å². The average Bonchev–Trinajstić information content (AvgIpc) is 3.28. The van der Waals surface area contributed by atoms with Crippen LogP contribution in [0.1, 0.15) is 23.0 Å². The Hall–Kier alpha value is -3.65. The lowest BCUT2D eigenvalue weighted by molar-refractivity contribution is -0.129. The van der Waals surface area contributed by atoms with Gasteiger partial charge in [-0.25, -0.2) is 9.48 Å². The fraction of sp³-hybridized carbons (Fsp3) is 0.292. The predicted octanol–water partition coefficient (Wildman–Crippen LogP) is 2.57. The van der Waals surface area contributed by atoms with Crippen LogP contribution < -0.4 is 11.1 Å². The summed E-state index contributed by atoms with van der Waals surface area (Å²) in [6, 6.07) is 16.8. The number of benzene rings is 2. The molecular formula is C24H25N5O3. The fourth-order valence-corrected chi connectivity index (χ4v) is 4.59. The first-order valence-electron chi connectivity index (χ1n) is 10.8. The highest BCUT2D eigenvalue weighted by Crippen LogP contribution is 2.30. The van der Waals surface area contributed by atoms with Crippen molar-refractivity contribution < 1.29 is 9.21 Å². The first kappa shape index (κ1) is 20.3. The van der Waals surface area contributed by atoms with Crippen LogP contribution in [0.2, 0.25) is 0 Å². The highest BCUT2D eigenvalue weighted by atomic mass is 16.4. The fourth-order valence-electron chi connectivity index (χ4n) is 4.59. The number of amides is 1. The molecule has 5 rings (SSSR count). The second-order valence-electron chi connectivity index (χ2n) is 8.05. The molecule has 2 aromatic carbocycles. The summed E-state index contributed by atoms with van der Waals surface area (Å²) < 4.78 is 8.88. The summed E-state index contributed by atoms with van der Waals surface area (Å²) in [5, 5.41) is 7.72. The molecule has 0 aliphatic carbocycles. The van der Waals surface area contributed by atoms with Gasteiger partial charge in [0.2, 0.25) is 5.91 Å². The molecule has 0 spiro atoms. The maximum Gasteiger partial charge on any atom is 0.419 e. The summed E-state index contributed by atoms with van der Waals surface area (Å²) in [4.78, 5) is 27.5. The lowest BCUT2D eigenvalue weighted by Crippen LogP contribution is -2.51. The van der Waals surface area contributed by atoms with Crippen molar-refractivity contribution in [1.82, 2.24) is 24.6 Å². The molecule has 3 heterocycles. The molecule has 1 saturated heterocycles. The molecule has 32 heavy (non-hydrogen) atoms. The number of para-hydroxylation sites is 3. The number of hydrogen-bond acceptors (Lipinski definition) is 5. The van der Waals surface area contributed by atoms with Crippen LogP contribution in [0.5, 0.6) is 0 Å². The molecule has 0 bridgehead atoms. The largest absolute Gasteiger partial charge is 0.419 e.